The highest BCUT2D eigenvalue weighted by molar-refractivity contribution is 5.07. The average molecular weight is 285 g/mol. The van der Waals surface area contributed by atoms with Crippen molar-refractivity contribution < 1.29 is 0 Å². The number of aryl methyl sites for hydroxylation is 2. The van der Waals surface area contributed by atoms with Gasteiger partial charge in [-0.25, -0.2) is 0 Å². The van der Waals surface area contributed by atoms with Crippen LogP contribution in [0.1, 0.15) is 37.1 Å². The van der Waals surface area contributed by atoms with Gasteiger partial charge in [-0.05, 0) is 45.7 Å². The molecule has 2 unspecified atom stereocenters. The Morgan fingerprint density at radius 2 is 2.24 bits per heavy atom. The molecule has 0 aromatic carbocycles. The fourth-order valence-corrected chi connectivity index (χ4v) is 3.12. The lowest BCUT2D eigenvalue weighted by atomic mass is 10.0. The van der Waals surface area contributed by atoms with Crippen molar-refractivity contribution in [2.75, 3.05) is 13.1 Å². The molecule has 2 rings (SSSR count). The van der Waals surface area contributed by atoms with E-state index in [9.17, 15) is 5.26 Å². The van der Waals surface area contributed by atoms with Crippen LogP contribution in [-0.4, -0.2) is 33.8 Å². The molecule has 0 aliphatic carbocycles. The predicted molar refractivity (Wildman–Crippen MR) is 80.2 cm³/mol. The van der Waals surface area contributed by atoms with Crippen molar-refractivity contribution in [3.63, 3.8) is 0 Å². The Morgan fingerprint density at radius 1 is 1.43 bits per heavy atom. The minimum absolute atomic E-state index is 0.0364. The van der Waals surface area contributed by atoms with Crippen LogP contribution in [0.4, 0.5) is 0 Å². The molecule has 5 nitrogen and oxygen atoms in total. The standard InChI is InChI=1S/C16H23N5/c1-13-9-14(2)21(19-13)12-16-6-4-8-20(16)11-15(10-18)5-3-7-17/h9,15-16H,3-6,8,11-12H2,1-2H3. The third-order valence-corrected chi connectivity index (χ3v) is 4.23. The van der Waals surface area contributed by atoms with E-state index >= 15 is 0 Å². The van der Waals surface area contributed by atoms with Crippen LogP contribution >= 0.6 is 0 Å². The lowest BCUT2D eigenvalue weighted by molar-refractivity contribution is 0.205. The molecule has 0 spiro atoms. The lowest BCUT2D eigenvalue weighted by Gasteiger charge is -2.26. The number of hydrogen-bond acceptors (Lipinski definition) is 4. The first-order valence-corrected chi connectivity index (χ1v) is 7.65. The Morgan fingerprint density at radius 3 is 2.86 bits per heavy atom. The monoisotopic (exact) mass is 285 g/mol. The fourth-order valence-electron chi connectivity index (χ4n) is 3.12. The first-order chi connectivity index (χ1) is 10.1. The minimum atomic E-state index is -0.0364. The summed E-state index contributed by atoms with van der Waals surface area (Å²) in [5.41, 5.74) is 2.25. The molecule has 2 heterocycles. The van der Waals surface area contributed by atoms with Crippen molar-refractivity contribution in [2.24, 2.45) is 5.92 Å². The van der Waals surface area contributed by atoms with Gasteiger partial charge in [0.05, 0.1) is 30.3 Å². The zero-order chi connectivity index (χ0) is 15.2. The summed E-state index contributed by atoms with van der Waals surface area (Å²) >= 11 is 0. The molecule has 21 heavy (non-hydrogen) atoms. The van der Waals surface area contributed by atoms with Gasteiger partial charge in [0.2, 0.25) is 0 Å². The number of rotatable bonds is 6. The molecule has 0 N–H and O–H groups in total. The highest BCUT2D eigenvalue weighted by Crippen LogP contribution is 2.22. The van der Waals surface area contributed by atoms with Crippen LogP contribution in [0, 0.1) is 42.4 Å². The van der Waals surface area contributed by atoms with Crippen LogP contribution < -0.4 is 0 Å². The fraction of sp³-hybridized carbons (Fsp3) is 0.688. The molecule has 1 aromatic rings. The molecule has 5 heteroatoms. The van der Waals surface area contributed by atoms with Crippen molar-refractivity contribution in [3.8, 4) is 12.1 Å². The number of nitriles is 2. The smallest absolute Gasteiger partial charge is 0.0669 e. The molecule has 1 saturated heterocycles. The van der Waals surface area contributed by atoms with E-state index in [1.807, 2.05) is 6.92 Å². The summed E-state index contributed by atoms with van der Waals surface area (Å²) in [5.74, 6) is -0.0364. The second-order valence-electron chi connectivity index (χ2n) is 5.92. The van der Waals surface area contributed by atoms with Gasteiger partial charge in [0, 0.05) is 24.7 Å². The molecule has 0 bridgehead atoms. The Balaban J connectivity index is 1.95. The van der Waals surface area contributed by atoms with Crippen LogP contribution in [0.3, 0.4) is 0 Å². The molecule has 0 radical (unpaired) electrons. The van der Waals surface area contributed by atoms with Gasteiger partial charge in [-0.3, -0.25) is 9.58 Å². The highest BCUT2D eigenvalue weighted by atomic mass is 15.3. The summed E-state index contributed by atoms with van der Waals surface area (Å²) in [7, 11) is 0. The minimum Gasteiger partial charge on any atom is -0.297 e. The molecule has 0 saturated carbocycles. The molecule has 1 aliphatic rings. The summed E-state index contributed by atoms with van der Waals surface area (Å²) in [4.78, 5) is 2.40. The van der Waals surface area contributed by atoms with Gasteiger partial charge < -0.3 is 0 Å². The summed E-state index contributed by atoms with van der Waals surface area (Å²) in [6.07, 6.45) is 3.49. The number of nitrogens with zero attached hydrogens (tertiary/aromatic N) is 5. The van der Waals surface area contributed by atoms with E-state index < -0.39 is 0 Å². The maximum absolute atomic E-state index is 9.23. The van der Waals surface area contributed by atoms with E-state index in [4.69, 9.17) is 5.26 Å². The molecule has 112 valence electrons. The molecule has 1 aliphatic heterocycles. The Kier molecular flexibility index (Phi) is 5.36. The Bertz CT molecular complexity index is 548. The van der Waals surface area contributed by atoms with E-state index in [1.54, 1.807) is 0 Å². The summed E-state index contributed by atoms with van der Waals surface area (Å²) in [5, 5.41) is 22.4. The molecular weight excluding hydrogens is 262 g/mol. The number of hydrogen-bond donors (Lipinski definition) is 0. The van der Waals surface area contributed by atoms with Crippen molar-refractivity contribution >= 4 is 0 Å². The maximum atomic E-state index is 9.23. The average Bonchev–Trinajstić information content (AvgIpc) is 3.02. The van der Waals surface area contributed by atoms with Crippen molar-refractivity contribution in [2.45, 2.75) is 52.1 Å². The SMILES string of the molecule is Cc1cc(C)n(CC2CCCN2CC(C#N)CCC#N)n1. The Hall–Kier alpha value is -1.85. The second kappa shape index (κ2) is 7.24. The molecule has 0 amide bonds. The zero-order valence-corrected chi connectivity index (χ0v) is 12.9. The van der Waals surface area contributed by atoms with Crippen molar-refractivity contribution in [1.29, 1.82) is 10.5 Å². The van der Waals surface area contributed by atoms with E-state index in [1.165, 1.54) is 12.1 Å². The van der Waals surface area contributed by atoms with Crippen LogP contribution in [0.15, 0.2) is 6.07 Å². The van der Waals surface area contributed by atoms with Gasteiger partial charge in [0.15, 0.2) is 0 Å². The first-order valence-electron chi connectivity index (χ1n) is 7.65. The second-order valence-corrected chi connectivity index (χ2v) is 5.92. The largest absolute Gasteiger partial charge is 0.297 e. The van der Waals surface area contributed by atoms with E-state index in [0.29, 0.717) is 18.9 Å². The molecule has 1 fully saturated rings. The van der Waals surface area contributed by atoms with Gasteiger partial charge in [0.25, 0.3) is 0 Å². The summed E-state index contributed by atoms with van der Waals surface area (Å²) < 4.78 is 2.08. The van der Waals surface area contributed by atoms with Crippen molar-refractivity contribution in [3.05, 3.63) is 17.5 Å². The normalized spacial score (nSPS) is 20.1. The van der Waals surface area contributed by atoms with Gasteiger partial charge in [-0.2, -0.15) is 15.6 Å². The third kappa shape index (κ3) is 4.06. The summed E-state index contributed by atoms with van der Waals surface area (Å²) in [6.45, 7) is 6.83. The zero-order valence-electron chi connectivity index (χ0n) is 12.9. The first kappa shape index (κ1) is 15.5. The van der Waals surface area contributed by atoms with Crippen LogP contribution in [0.25, 0.3) is 0 Å². The molecule has 1 aromatic heterocycles. The Labute approximate surface area is 126 Å². The lowest BCUT2D eigenvalue weighted by Crippen LogP contribution is -2.36. The molecule has 2 atom stereocenters. The van der Waals surface area contributed by atoms with Crippen molar-refractivity contribution in [1.82, 2.24) is 14.7 Å². The van der Waals surface area contributed by atoms with Crippen LogP contribution in [0.2, 0.25) is 0 Å². The predicted octanol–water partition coefficient (Wildman–Crippen LogP) is 2.41. The maximum Gasteiger partial charge on any atom is 0.0669 e. The van der Waals surface area contributed by atoms with Crippen LogP contribution in [0.5, 0.6) is 0 Å². The quantitative estimate of drug-likeness (QED) is 0.805. The van der Waals surface area contributed by atoms with Gasteiger partial charge in [-0.15, -0.1) is 0 Å². The van der Waals surface area contributed by atoms with E-state index in [-0.39, 0.29) is 5.92 Å². The van der Waals surface area contributed by atoms with Crippen LogP contribution in [-0.2, 0) is 6.54 Å². The van der Waals surface area contributed by atoms with E-state index in [2.05, 4.69) is 39.8 Å². The third-order valence-electron chi connectivity index (χ3n) is 4.23. The number of likely N-dealkylation sites (tertiary alicyclic amines) is 1. The topological polar surface area (TPSA) is 68.6 Å². The number of aromatic nitrogens is 2. The summed E-state index contributed by atoms with van der Waals surface area (Å²) in [6, 6.07) is 7.04. The van der Waals surface area contributed by atoms with Gasteiger partial charge in [0.1, 0.15) is 0 Å². The highest BCUT2D eigenvalue weighted by Gasteiger charge is 2.27. The van der Waals surface area contributed by atoms with Gasteiger partial charge in [-0.1, -0.05) is 0 Å². The van der Waals surface area contributed by atoms with Gasteiger partial charge >= 0.3 is 0 Å². The van der Waals surface area contributed by atoms with E-state index in [0.717, 1.165) is 31.7 Å². The molecular formula is C16H23N5.